The molecule has 0 fully saturated rings. The predicted octanol–water partition coefficient (Wildman–Crippen LogP) is 4.59. The Hall–Kier alpha value is -3.35. The van der Waals surface area contributed by atoms with Gasteiger partial charge in [-0.2, -0.15) is 4.98 Å². The van der Waals surface area contributed by atoms with E-state index in [2.05, 4.69) is 15.5 Å². The van der Waals surface area contributed by atoms with Crippen molar-refractivity contribution in [3.8, 4) is 17.2 Å². The van der Waals surface area contributed by atoms with E-state index in [1.54, 1.807) is 24.3 Å². The topological polar surface area (TPSA) is 86.5 Å². The molecule has 0 unspecified atom stereocenters. The Kier molecular flexibility index (Phi) is 6.10. The maximum Gasteiger partial charge on any atom is 0.258 e. The van der Waals surface area contributed by atoms with Crippen LogP contribution in [-0.2, 0) is 15.7 Å². The van der Waals surface area contributed by atoms with Crippen LogP contribution in [0.3, 0.4) is 0 Å². The second kappa shape index (κ2) is 8.57. The molecule has 1 amide bonds. The van der Waals surface area contributed by atoms with E-state index in [4.69, 9.17) is 14.0 Å². The third kappa shape index (κ3) is 5.59. The fourth-order valence-electron chi connectivity index (χ4n) is 2.60. The van der Waals surface area contributed by atoms with Gasteiger partial charge < -0.3 is 19.3 Å². The number of benzene rings is 2. The molecular formula is C23H27N3O4. The number of hydrogen-bond acceptors (Lipinski definition) is 6. The molecule has 1 heterocycles. The zero-order valence-electron chi connectivity index (χ0n) is 17.9. The number of carbonyl (C=O) groups excluding carboxylic acids is 1. The molecule has 0 spiro atoms. The quantitative estimate of drug-likeness (QED) is 0.614. The fourth-order valence-corrected chi connectivity index (χ4v) is 2.60. The zero-order chi connectivity index (χ0) is 21.8. The number of nitrogens with zero attached hydrogens (tertiary/aromatic N) is 2. The molecule has 0 saturated heterocycles. The lowest BCUT2D eigenvalue weighted by Crippen LogP contribution is -2.44. The van der Waals surface area contributed by atoms with Crippen molar-refractivity contribution in [3.63, 3.8) is 0 Å². The number of amides is 1. The summed E-state index contributed by atoms with van der Waals surface area (Å²) in [4.78, 5) is 16.8. The van der Waals surface area contributed by atoms with Gasteiger partial charge in [0.2, 0.25) is 5.89 Å². The third-order valence-corrected chi connectivity index (χ3v) is 4.25. The van der Waals surface area contributed by atoms with Crippen molar-refractivity contribution in [1.82, 2.24) is 15.5 Å². The first-order chi connectivity index (χ1) is 14.1. The van der Waals surface area contributed by atoms with Crippen molar-refractivity contribution in [3.05, 3.63) is 66.3 Å². The normalized spacial score (nSPS) is 11.8. The van der Waals surface area contributed by atoms with Crippen LogP contribution >= 0.6 is 0 Å². The van der Waals surface area contributed by atoms with Crippen molar-refractivity contribution >= 4 is 5.91 Å². The van der Waals surface area contributed by atoms with Crippen molar-refractivity contribution in [2.24, 2.45) is 0 Å². The van der Waals surface area contributed by atoms with E-state index < -0.39 is 5.54 Å². The van der Waals surface area contributed by atoms with Crippen molar-refractivity contribution in [2.75, 3.05) is 6.61 Å². The third-order valence-electron chi connectivity index (χ3n) is 4.25. The fraction of sp³-hybridized carbons (Fsp3) is 0.348. The van der Waals surface area contributed by atoms with Gasteiger partial charge >= 0.3 is 0 Å². The number of rotatable bonds is 7. The van der Waals surface area contributed by atoms with E-state index in [0.717, 1.165) is 5.75 Å². The molecule has 0 aliphatic heterocycles. The van der Waals surface area contributed by atoms with Crippen molar-refractivity contribution in [2.45, 2.75) is 45.6 Å². The summed E-state index contributed by atoms with van der Waals surface area (Å²) in [5, 5.41) is 6.89. The minimum absolute atomic E-state index is 0.133. The van der Waals surface area contributed by atoms with Gasteiger partial charge in [0.1, 0.15) is 17.2 Å². The van der Waals surface area contributed by atoms with Crippen LogP contribution < -0.4 is 14.8 Å². The first-order valence-corrected chi connectivity index (χ1v) is 9.75. The Morgan fingerprint density at radius 2 is 1.53 bits per heavy atom. The van der Waals surface area contributed by atoms with Gasteiger partial charge in [-0.3, -0.25) is 4.79 Å². The molecule has 3 rings (SSSR count). The smallest absolute Gasteiger partial charge is 0.258 e. The first kappa shape index (κ1) is 21.4. The van der Waals surface area contributed by atoms with E-state index in [0.29, 0.717) is 23.2 Å². The van der Waals surface area contributed by atoms with Crippen LogP contribution in [0, 0.1) is 0 Å². The summed E-state index contributed by atoms with van der Waals surface area (Å²) in [7, 11) is 0. The Morgan fingerprint density at radius 3 is 2.13 bits per heavy atom. The molecular weight excluding hydrogens is 382 g/mol. The van der Waals surface area contributed by atoms with Crippen molar-refractivity contribution in [1.29, 1.82) is 0 Å². The summed E-state index contributed by atoms with van der Waals surface area (Å²) < 4.78 is 16.6. The SMILES string of the molecule is CC(C)(C)c1nc(C(C)(C)NC(=O)COc2ccc(Oc3ccccc3)cc2)no1. The molecule has 7 heteroatoms. The molecule has 0 atom stereocenters. The van der Waals surface area contributed by atoms with Crippen LogP contribution in [0.1, 0.15) is 46.3 Å². The highest BCUT2D eigenvalue weighted by Crippen LogP contribution is 2.25. The summed E-state index contributed by atoms with van der Waals surface area (Å²) in [6.07, 6.45) is 0. The van der Waals surface area contributed by atoms with Gasteiger partial charge in [-0.05, 0) is 50.2 Å². The average molecular weight is 409 g/mol. The van der Waals surface area contributed by atoms with E-state index in [9.17, 15) is 4.79 Å². The molecule has 0 saturated carbocycles. The second-order valence-corrected chi connectivity index (χ2v) is 8.52. The zero-order valence-corrected chi connectivity index (χ0v) is 17.9. The van der Waals surface area contributed by atoms with Crippen LogP contribution in [0.4, 0.5) is 0 Å². The largest absolute Gasteiger partial charge is 0.484 e. The van der Waals surface area contributed by atoms with E-state index in [1.165, 1.54) is 0 Å². The molecule has 0 aliphatic carbocycles. The van der Waals surface area contributed by atoms with E-state index >= 15 is 0 Å². The number of hydrogen-bond donors (Lipinski definition) is 1. The number of para-hydroxylation sites is 1. The maximum atomic E-state index is 12.4. The van der Waals surface area contributed by atoms with Crippen LogP contribution in [0.2, 0.25) is 0 Å². The van der Waals surface area contributed by atoms with Gasteiger partial charge in [-0.25, -0.2) is 0 Å². The summed E-state index contributed by atoms with van der Waals surface area (Å²) in [6, 6.07) is 16.6. The molecule has 158 valence electrons. The van der Waals surface area contributed by atoms with Crippen LogP contribution in [0.15, 0.2) is 59.1 Å². The van der Waals surface area contributed by atoms with Crippen molar-refractivity contribution < 1.29 is 18.8 Å². The standard InChI is InChI=1S/C23H27N3O4/c1-22(2,3)21-24-20(26-30-21)23(4,5)25-19(27)15-28-16-11-13-18(14-12-16)29-17-9-7-6-8-10-17/h6-14H,15H2,1-5H3,(H,25,27). The minimum atomic E-state index is -0.791. The molecule has 0 aliphatic rings. The minimum Gasteiger partial charge on any atom is -0.484 e. The maximum absolute atomic E-state index is 12.4. The Balaban J connectivity index is 1.53. The van der Waals surface area contributed by atoms with Gasteiger partial charge in [0.05, 0.1) is 5.54 Å². The molecule has 0 bridgehead atoms. The lowest BCUT2D eigenvalue weighted by molar-refractivity contribution is -0.124. The first-order valence-electron chi connectivity index (χ1n) is 9.75. The molecule has 0 radical (unpaired) electrons. The number of nitrogens with one attached hydrogen (secondary N) is 1. The summed E-state index contributed by atoms with van der Waals surface area (Å²) in [6.45, 7) is 9.46. The predicted molar refractivity (Wildman–Crippen MR) is 113 cm³/mol. The van der Waals surface area contributed by atoms with Gasteiger partial charge in [0, 0.05) is 5.41 Å². The monoisotopic (exact) mass is 409 g/mol. The number of carbonyl (C=O) groups is 1. The Labute approximate surface area is 176 Å². The van der Waals surface area contributed by atoms with Gasteiger partial charge in [-0.1, -0.05) is 44.1 Å². The van der Waals surface area contributed by atoms with E-state index in [-0.39, 0.29) is 17.9 Å². The lowest BCUT2D eigenvalue weighted by atomic mass is 9.97. The molecule has 2 aromatic carbocycles. The lowest BCUT2D eigenvalue weighted by Gasteiger charge is -2.22. The Morgan fingerprint density at radius 1 is 0.933 bits per heavy atom. The molecule has 3 aromatic rings. The number of ether oxygens (including phenoxy) is 2. The van der Waals surface area contributed by atoms with E-state index in [1.807, 2.05) is 65.0 Å². The molecule has 7 nitrogen and oxygen atoms in total. The van der Waals surface area contributed by atoms with Crippen LogP contribution in [-0.4, -0.2) is 22.7 Å². The Bertz CT molecular complexity index is 974. The summed E-state index contributed by atoms with van der Waals surface area (Å²) in [5.74, 6) is 2.66. The van der Waals surface area contributed by atoms with Gasteiger partial charge in [0.25, 0.3) is 5.91 Å². The average Bonchev–Trinajstić information content (AvgIpc) is 3.20. The highest BCUT2D eigenvalue weighted by atomic mass is 16.5. The molecule has 1 aromatic heterocycles. The molecule has 30 heavy (non-hydrogen) atoms. The highest BCUT2D eigenvalue weighted by molar-refractivity contribution is 5.78. The van der Waals surface area contributed by atoms with Crippen LogP contribution in [0.25, 0.3) is 0 Å². The van der Waals surface area contributed by atoms with Gasteiger partial charge in [0.15, 0.2) is 12.4 Å². The second-order valence-electron chi connectivity index (χ2n) is 8.52. The molecule has 1 N–H and O–H groups in total. The number of aromatic nitrogens is 2. The highest BCUT2D eigenvalue weighted by Gasteiger charge is 2.31. The summed E-state index contributed by atoms with van der Waals surface area (Å²) in [5.41, 5.74) is -1.05. The van der Waals surface area contributed by atoms with Crippen LogP contribution in [0.5, 0.6) is 17.2 Å². The van der Waals surface area contributed by atoms with Gasteiger partial charge in [-0.15, -0.1) is 0 Å². The summed E-state index contributed by atoms with van der Waals surface area (Å²) >= 11 is 0.